The van der Waals surface area contributed by atoms with Gasteiger partial charge in [0.2, 0.25) is 0 Å². The second-order valence-electron chi connectivity index (χ2n) is 6.35. The van der Waals surface area contributed by atoms with Crippen molar-refractivity contribution in [3.8, 4) is 0 Å². The minimum atomic E-state index is -0.224. The van der Waals surface area contributed by atoms with Crippen molar-refractivity contribution in [2.75, 3.05) is 0 Å². The second-order valence-corrected chi connectivity index (χ2v) is 6.35. The third kappa shape index (κ3) is 2.45. The van der Waals surface area contributed by atoms with E-state index in [1.807, 2.05) is 36.4 Å². The average molecular weight is 279 g/mol. The molecule has 108 valence electrons. The third-order valence-corrected chi connectivity index (χ3v) is 3.69. The molecule has 0 fully saturated rings. The lowest BCUT2D eigenvalue weighted by Gasteiger charge is -2.26. The van der Waals surface area contributed by atoms with Gasteiger partial charge in [-0.2, -0.15) is 0 Å². The van der Waals surface area contributed by atoms with E-state index in [-0.39, 0.29) is 11.6 Å². The quantitative estimate of drug-likeness (QED) is 0.774. The molecule has 0 aliphatic rings. The van der Waals surface area contributed by atoms with E-state index in [4.69, 9.17) is 10.7 Å². The third-order valence-electron chi connectivity index (χ3n) is 3.69. The minimum absolute atomic E-state index is 0.0716. The lowest BCUT2D eigenvalue weighted by atomic mass is 10.0. The van der Waals surface area contributed by atoms with Crippen LogP contribution < -0.4 is 5.73 Å². The summed E-state index contributed by atoms with van der Waals surface area (Å²) in [4.78, 5) is 4.79. The molecule has 2 N–H and O–H groups in total. The highest BCUT2D eigenvalue weighted by Crippen LogP contribution is 2.29. The molecule has 3 nitrogen and oxygen atoms in total. The summed E-state index contributed by atoms with van der Waals surface area (Å²) in [6.45, 7) is 6.55. The Morgan fingerprint density at radius 1 is 0.952 bits per heavy atom. The van der Waals surface area contributed by atoms with Gasteiger partial charge in [-0.25, -0.2) is 4.98 Å². The van der Waals surface area contributed by atoms with Crippen LogP contribution in [-0.4, -0.2) is 9.55 Å². The van der Waals surface area contributed by atoms with Gasteiger partial charge in [0.15, 0.2) is 0 Å². The number of nitrogens with zero attached hydrogens (tertiary/aromatic N) is 2. The summed E-state index contributed by atoms with van der Waals surface area (Å²) in [5.41, 5.74) is 9.63. The number of imidazole rings is 1. The van der Waals surface area contributed by atoms with Crippen molar-refractivity contribution in [3.05, 3.63) is 66.0 Å². The van der Waals surface area contributed by atoms with E-state index in [1.165, 1.54) is 0 Å². The van der Waals surface area contributed by atoms with Crippen molar-refractivity contribution in [3.63, 3.8) is 0 Å². The molecule has 3 rings (SSSR count). The Kier molecular flexibility index (Phi) is 3.30. The van der Waals surface area contributed by atoms with Crippen molar-refractivity contribution in [1.29, 1.82) is 0 Å². The van der Waals surface area contributed by atoms with E-state index in [0.29, 0.717) is 0 Å². The first-order chi connectivity index (χ1) is 9.98. The Balaban J connectivity index is 2.23. The first-order valence-corrected chi connectivity index (χ1v) is 7.27. The Bertz CT molecular complexity index is 751. The molecule has 0 bridgehead atoms. The van der Waals surface area contributed by atoms with E-state index in [9.17, 15) is 0 Å². The number of hydrogen-bond acceptors (Lipinski definition) is 2. The summed E-state index contributed by atoms with van der Waals surface area (Å²) in [7, 11) is 0. The van der Waals surface area contributed by atoms with E-state index in [1.54, 1.807) is 0 Å². The van der Waals surface area contributed by atoms with Gasteiger partial charge in [-0.15, -0.1) is 0 Å². The maximum atomic E-state index is 6.49. The van der Waals surface area contributed by atoms with E-state index in [0.717, 1.165) is 22.4 Å². The van der Waals surface area contributed by atoms with Crippen molar-refractivity contribution >= 4 is 11.0 Å². The molecule has 1 unspecified atom stereocenters. The number of nitrogens with two attached hydrogens (primary N) is 1. The van der Waals surface area contributed by atoms with Crippen molar-refractivity contribution in [2.24, 2.45) is 5.73 Å². The standard InChI is InChI=1S/C18H21N3/c1-18(2,3)21-15-12-8-7-11-14(15)20-17(21)16(19)13-9-5-4-6-10-13/h4-12,16H,19H2,1-3H3. The topological polar surface area (TPSA) is 43.8 Å². The highest BCUT2D eigenvalue weighted by atomic mass is 15.1. The molecule has 0 amide bonds. The Morgan fingerprint density at radius 2 is 1.57 bits per heavy atom. The summed E-state index contributed by atoms with van der Waals surface area (Å²) in [5, 5.41) is 0. The summed E-state index contributed by atoms with van der Waals surface area (Å²) < 4.78 is 2.25. The van der Waals surface area contributed by atoms with Gasteiger partial charge in [0, 0.05) is 5.54 Å². The number of aromatic nitrogens is 2. The van der Waals surface area contributed by atoms with E-state index >= 15 is 0 Å². The summed E-state index contributed by atoms with van der Waals surface area (Å²) in [6, 6.07) is 18.1. The Labute approximate surface area is 125 Å². The molecular weight excluding hydrogens is 258 g/mol. The molecule has 1 atom stereocenters. The van der Waals surface area contributed by atoms with Crippen molar-refractivity contribution < 1.29 is 0 Å². The zero-order valence-electron chi connectivity index (χ0n) is 12.7. The average Bonchev–Trinajstić information content (AvgIpc) is 2.86. The minimum Gasteiger partial charge on any atom is -0.321 e. The van der Waals surface area contributed by atoms with Gasteiger partial charge in [0.05, 0.1) is 17.1 Å². The van der Waals surface area contributed by atoms with Gasteiger partial charge >= 0.3 is 0 Å². The molecule has 21 heavy (non-hydrogen) atoms. The van der Waals surface area contributed by atoms with Crippen LogP contribution >= 0.6 is 0 Å². The second kappa shape index (κ2) is 5.01. The van der Waals surface area contributed by atoms with Crippen LogP contribution in [0.4, 0.5) is 0 Å². The van der Waals surface area contributed by atoms with Crippen LogP contribution in [0.3, 0.4) is 0 Å². The molecule has 0 saturated carbocycles. The zero-order chi connectivity index (χ0) is 15.0. The van der Waals surface area contributed by atoms with Crippen LogP contribution in [0.2, 0.25) is 0 Å². The molecular formula is C18H21N3. The van der Waals surface area contributed by atoms with Gasteiger partial charge in [0.25, 0.3) is 0 Å². The van der Waals surface area contributed by atoms with Gasteiger partial charge in [-0.3, -0.25) is 0 Å². The van der Waals surface area contributed by atoms with Crippen LogP contribution in [-0.2, 0) is 5.54 Å². The number of hydrogen-bond donors (Lipinski definition) is 1. The fourth-order valence-electron chi connectivity index (χ4n) is 2.77. The Hall–Kier alpha value is -2.13. The van der Waals surface area contributed by atoms with Crippen molar-refractivity contribution in [2.45, 2.75) is 32.4 Å². The highest BCUT2D eigenvalue weighted by molar-refractivity contribution is 5.76. The molecule has 1 heterocycles. The summed E-state index contributed by atoms with van der Waals surface area (Å²) in [5.74, 6) is 0.912. The first kappa shape index (κ1) is 13.8. The normalized spacial score (nSPS) is 13.5. The largest absolute Gasteiger partial charge is 0.321 e. The van der Waals surface area contributed by atoms with Crippen LogP contribution in [0.5, 0.6) is 0 Å². The SMILES string of the molecule is CC(C)(C)n1c(C(N)c2ccccc2)nc2ccccc21. The lowest BCUT2D eigenvalue weighted by molar-refractivity contribution is 0.389. The van der Waals surface area contributed by atoms with Gasteiger partial charge < -0.3 is 10.3 Å². The maximum absolute atomic E-state index is 6.49. The zero-order valence-corrected chi connectivity index (χ0v) is 12.7. The molecule has 3 heteroatoms. The fraction of sp³-hybridized carbons (Fsp3) is 0.278. The molecule has 1 aromatic heterocycles. The molecule has 2 aromatic carbocycles. The van der Waals surface area contributed by atoms with Gasteiger partial charge in [0.1, 0.15) is 5.82 Å². The summed E-state index contributed by atoms with van der Waals surface area (Å²) >= 11 is 0. The van der Waals surface area contributed by atoms with Gasteiger partial charge in [-0.1, -0.05) is 42.5 Å². The predicted molar refractivity (Wildman–Crippen MR) is 87.2 cm³/mol. The number of rotatable bonds is 2. The molecule has 3 aromatic rings. The van der Waals surface area contributed by atoms with Crippen LogP contribution in [0.15, 0.2) is 54.6 Å². The number of fused-ring (bicyclic) bond motifs is 1. The fourth-order valence-corrected chi connectivity index (χ4v) is 2.77. The highest BCUT2D eigenvalue weighted by Gasteiger charge is 2.25. The maximum Gasteiger partial charge on any atom is 0.131 e. The molecule has 0 aliphatic heterocycles. The molecule has 0 aliphatic carbocycles. The van der Waals surface area contributed by atoms with Crippen LogP contribution in [0.25, 0.3) is 11.0 Å². The molecule has 0 saturated heterocycles. The Morgan fingerprint density at radius 3 is 2.24 bits per heavy atom. The predicted octanol–water partition coefficient (Wildman–Crippen LogP) is 3.84. The van der Waals surface area contributed by atoms with Crippen molar-refractivity contribution in [1.82, 2.24) is 9.55 Å². The number of benzene rings is 2. The number of para-hydroxylation sites is 2. The van der Waals surface area contributed by atoms with Gasteiger partial charge in [-0.05, 0) is 38.5 Å². The smallest absolute Gasteiger partial charge is 0.131 e. The molecule has 0 radical (unpaired) electrons. The van der Waals surface area contributed by atoms with Crippen LogP contribution in [0.1, 0.15) is 38.2 Å². The van der Waals surface area contributed by atoms with Crippen LogP contribution in [0, 0.1) is 0 Å². The molecule has 0 spiro atoms. The summed E-state index contributed by atoms with van der Waals surface area (Å²) in [6.07, 6.45) is 0. The lowest BCUT2D eigenvalue weighted by Crippen LogP contribution is -2.28. The van der Waals surface area contributed by atoms with E-state index in [2.05, 4.69) is 43.5 Å². The van der Waals surface area contributed by atoms with E-state index < -0.39 is 0 Å². The monoisotopic (exact) mass is 279 g/mol. The first-order valence-electron chi connectivity index (χ1n) is 7.27.